The maximum atomic E-state index is 13.2. The summed E-state index contributed by atoms with van der Waals surface area (Å²) in [6, 6.07) is 6.88. The minimum absolute atomic E-state index is 0.234. The molecule has 0 unspecified atom stereocenters. The number of benzene rings is 1. The molecule has 28 heavy (non-hydrogen) atoms. The van der Waals surface area contributed by atoms with E-state index in [1.165, 1.54) is 30.4 Å². The maximum absolute atomic E-state index is 13.2. The first-order chi connectivity index (χ1) is 13.6. The number of nitrogens with zero attached hydrogens (tertiary/aromatic N) is 4. The number of aromatic amines is 1. The van der Waals surface area contributed by atoms with Crippen LogP contribution in [0.5, 0.6) is 0 Å². The normalized spacial score (nSPS) is 10.8. The van der Waals surface area contributed by atoms with Crippen molar-refractivity contribution in [2.75, 3.05) is 19.5 Å². The number of rotatable bonds is 5. The summed E-state index contributed by atoms with van der Waals surface area (Å²) in [4.78, 5) is 18.9. The Balaban J connectivity index is 0.000000188. The fourth-order valence-corrected chi connectivity index (χ4v) is 2.91. The lowest BCUT2D eigenvalue weighted by atomic mass is 10.0. The van der Waals surface area contributed by atoms with Crippen molar-refractivity contribution in [3.8, 4) is 0 Å². The Morgan fingerprint density at radius 2 is 2.04 bits per heavy atom. The first-order valence-corrected chi connectivity index (χ1v) is 9.09. The van der Waals surface area contributed by atoms with E-state index in [1.54, 1.807) is 13.2 Å². The number of halogens is 1. The number of nitrogens with one attached hydrogen (secondary N) is 1. The van der Waals surface area contributed by atoms with Gasteiger partial charge in [-0.25, -0.2) is 19.3 Å². The molecule has 0 amide bonds. The molecule has 7 nitrogen and oxygen atoms in total. The molecule has 0 bridgehead atoms. The average Bonchev–Trinajstić information content (AvgIpc) is 3.18. The molecule has 4 aromatic rings. The molecule has 0 spiro atoms. The van der Waals surface area contributed by atoms with Crippen molar-refractivity contribution in [2.45, 2.75) is 26.2 Å². The Hall–Kier alpha value is -3.13. The van der Waals surface area contributed by atoms with E-state index >= 15 is 0 Å². The van der Waals surface area contributed by atoms with Crippen LogP contribution in [-0.4, -0.2) is 38.6 Å². The number of anilines is 1. The van der Waals surface area contributed by atoms with Crippen LogP contribution in [0.4, 0.5) is 10.2 Å². The lowest BCUT2D eigenvalue weighted by molar-refractivity contribution is 0.195. The van der Waals surface area contributed by atoms with Crippen LogP contribution in [0.2, 0.25) is 0 Å². The zero-order chi connectivity index (χ0) is 19.9. The lowest BCUT2D eigenvalue weighted by Gasteiger charge is -2.09. The third-order valence-electron chi connectivity index (χ3n) is 4.34. The fraction of sp³-hybridized carbons (Fsp3) is 0.300. The molecule has 3 N–H and O–H groups in total. The first-order valence-electron chi connectivity index (χ1n) is 9.09. The summed E-state index contributed by atoms with van der Waals surface area (Å²) in [6.07, 6.45) is 5.69. The maximum Gasteiger partial charge on any atom is 0.182 e. The van der Waals surface area contributed by atoms with Crippen molar-refractivity contribution >= 4 is 27.9 Å². The number of imidazole rings is 1. The Morgan fingerprint density at radius 3 is 2.79 bits per heavy atom. The Labute approximate surface area is 162 Å². The third kappa shape index (κ3) is 4.58. The number of aryl methyl sites for hydroxylation is 2. The molecule has 4 rings (SSSR count). The van der Waals surface area contributed by atoms with Crippen LogP contribution in [-0.2, 0) is 17.6 Å². The van der Waals surface area contributed by atoms with Gasteiger partial charge in [0, 0.05) is 30.9 Å². The van der Waals surface area contributed by atoms with Crippen molar-refractivity contribution in [3.05, 3.63) is 54.0 Å². The van der Waals surface area contributed by atoms with Crippen molar-refractivity contribution in [1.82, 2.24) is 24.9 Å². The molecule has 0 saturated heterocycles. The number of hydrogen-bond acceptors (Lipinski definition) is 6. The van der Waals surface area contributed by atoms with Gasteiger partial charge in [-0.15, -0.1) is 0 Å². The van der Waals surface area contributed by atoms with E-state index in [1.807, 2.05) is 0 Å². The van der Waals surface area contributed by atoms with Gasteiger partial charge in [-0.2, -0.15) is 0 Å². The van der Waals surface area contributed by atoms with Crippen molar-refractivity contribution in [2.24, 2.45) is 0 Å². The fourth-order valence-electron chi connectivity index (χ4n) is 2.91. The van der Waals surface area contributed by atoms with Gasteiger partial charge in [0.1, 0.15) is 17.7 Å². The topological polar surface area (TPSA) is 103 Å². The van der Waals surface area contributed by atoms with Crippen LogP contribution in [0, 0.1) is 5.82 Å². The van der Waals surface area contributed by atoms with Crippen molar-refractivity contribution in [1.29, 1.82) is 0 Å². The summed E-state index contributed by atoms with van der Waals surface area (Å²) in [6.45, 7) is 2.85. The largest absolute Gasteiger partial charge is 0.385 e. The summed E-state index contributed by atoms with van der Waals surface area (Å²) in [5.41, 5.74) is 9.82. The van der Waals surface area contributed by atoms with E-state index in [0.29, 0.717) is 17.0 Å². The highest BCUT2D eigenvalue weighted by Gasteiger charge is 2.06. The second-order valence-corrected chi connectivity index (χ2v) is 6.24. The summed E-state index contributed by atoms with van der Waals surface area (Å²) >= 11 is 0. The SMILES string of the molecule is CCc1cc2ccc(F)cc2nc1CCCOC.Nc1ncnc2nc[nH]c12. The standard InChI is InChI=1S/C15H18FNO.C5H5N5/c1-3-11-9-12-6-7-13(16)10-15(12)17-14(11)5-4-8-18-2;6-4-3-5(9-1-7-3)10-2-8-4/h6-7,9-10H,3-5,8H2,1-2H3;1-2H,(H3,6,7,8,9,10). The number of nitrogen functional groups attached to an aromatic ring is 1. The molecule has 0 atom stereocenters. The van der Waals surface area contributed by atoms with Crippen LogP contribution in [0.3, 0.4) is 0 Å². The quantitative estimate of drug-likeness (QED) is 0.513. The van der Waals surface area contributed by atoms with Crippen LogP contribution < -0.4 is 5.73 Å². The number of aromatic nitrogens is 5. The molecule has 3 heterocycles. The Bertz CT molecular complexity index is 1070. The monoisotopic (exact) mass is 382 g/mol. The van der Waals surface area contributed by atoms with E-state index in [9.17, 15) is 4.39 Å². The Kier molecular flexibility index (Phi) is 6.44. The number of H-pyrrole nitrogens is 1. The minimum atomic E-state index is -0.234. The van der Waals surface area contributed by atoms with Gasteiger partial charge < -0.3 is 15.5 Å². The van der Waals surface area contributed by atoms with Crippen LogP contribution >= 0.6 is 0 Å². The summed E-state index contributed by atoms with van der Waals surface area (Å²) in [5.74, 6) is 0.199. The van der Waals surface area contributed by atoms with Crippen LogP contribution in [0.25, 0.3) is 22.1 Å². The van der Waals surface area contributed by atoms with Gasteiger partial charge in [-0.05, 0) is 43.0 Å². The van der Waals surface area contributed by atoms with E-state index in [-0.39, 0.29) is 5.82 Å². The molecular weight excluding hydrogens is 359 g/mol. The van der Waals surface area contributed by atoms with Gasteiger partial charge in [0.25, 0.3) is 0 Å². The van der Waals surface area contributed by atoms with Gasteiger partial charge in [0.2, 0.25) is 0 Å². The number of fused-ring (bicyclic) bond motifs is 2. The number of ether oxygens (including phenoxy) is 1. The number of nitrogens with two attached hydrogens (primary N) is 1. The highest BCUT2D eigenvalue weighted by atomic mass is 19.1. The van der Waals surface area contributed by atoms with Crippen molar-refractivity contribution < 1.29 is 9.13 Å². The average molecular weight is 382 g/mol. The zero-order valence-corrected chi connectivity index (χ0v) is 15.9. The smallest absolute Gasteiger partial charge is 0.182 e. The van der Waals surface area contributed by atoms with E-state index in [0.717, 1.165) is 42.5 Å². The van der Waals surface area contributed by atoms with Gasteiger partial charge in [-0.1, -0.05) is 6.92 Å². The summed E-state index contributed by atoms with van der Waals surface area (Å²) in [7, 11) is 1.70. The van der Waals surface area contributed by atoms with Gasteiger partial charge >= 0.3 is 0 Å². The number of hydrogen-bond donors (Lipinski definition) is 2. The molecule has 3 aromatic heterocycles. The third-order valence-corrected chi connectivity index (χ3v) is 4.34. The van der Waals surface area contributed by atoms with Crippen LogP contribution in [0.15, 0.2) is 36.9 Å². The number of pyridine rings is 1. The predicted molar refractivity (Wildman–Crippen MR) is 107 cm³/mol. The molecule has 0 aliphatic carbocycles. The first kappa shape index (κ1) is 19.6. The summed E-state index contributed by atoms with van der Waals surface area (Å²) < 4.78 is 18.3. The lowest BCUT2D eigenvalue weighted by Crippen LogP contribution is -2.01. The van der Waals surface area contributed by atoms with Gasteiger partial charge in [-0.3, -0.25) is 4.98 Å². The zero-order valence-electron chi connectivity index (χ0n) is 15.9. The molecular formula is C20H23FN6O. The van der Waals surface area contributed by atoms with Crippen molar-refractivity contribution in [3.63, 3.8) is 0 Å². The molecule has 0 radical (unpaired) electrons. The van der Waals surface area contributed by atoms with E-state index in [4.69, 9.17) is 10.5 Å². The predicted octanol–water partition coefficient (Wildman–Crippen LogP) is 3.45. The molecule has 1 aromatic carbocycles. The molecule has 0 aliphatic rings. The Morgan fingerprint density at radius 1 is 1.18 bits per heavy atom. The second kappa shape index (κ2) is 9.18. The van der Waals surface area contributed by atoms with Crippen LogP contribution in [0.1, 0.15) is 24.6 Å². The van der Waals surface area contributed by atoms with Gasteiger partial charge in [0.05, 0.1) is 11.8 Å². The summed E-state index contributed by atoms with van der Waals surface area (Å²) in [5, 5.41) is 1.00. The van der Waals surface area contributed by atoms with Gasteiger partial charge in [0.15, 0.2) is 11.5 Å². The van der Waals surface area contributed by atoms with E-state index in [2.05, 4.69) is 37.9 Å². The molecule has 0 saturated carbocycles. The van der Waals surface area contributed by atoms with E-state index < -0.39 is 0 Å². The molecule has 0 fully saturated rings. The molecule has 8 heteroatoms. The molecule has 0 aliphatic heterocycles. The molecule has 146 valence electrons. The minimum Gasteiger partial charge on any atom is -0.385 e. The highest BCUT2D eigenvalue weighted by molar-refractivity contribution is 5.80. The highest BCUT2D eigenvalue weighted by Crippen LogP contribution is 2.19. The number of methoxy groups -OCH3 is 1. The second-order valence-electron chi connectivity index (χ2n) is 6.24.